The maximum Gasteiger partial charge on any atom is 0.407 e. The van der Waals surface area contributed by atoms with Crippen molar-refractivity contribution in [1.82, 2.24) is 5.32 Å². The van der Waals surface area contributed by atoms with Crippen molar-refractivity contribution in [1.29, 1.82) is 0 Å². The van der Waals surface area contributed by atoms with Gasteiger partial charge in [0.25, 0.3) is 0 Å². The molecule has 1 saturated heterocycles. The van der Waals surface area contributed by atoms with Gasteiger partial charge in [-0.05, 0) is 43.0 Å². The van der Waals surface area contributed by atoms with Crippen molar-refractivity contribution in [3.8, 4) is 0 Å². The molecule has 0 bridgehead atoms. The summed E-state index contributed by atoms with van der Waals surface area (Å²) in [6, 6.07) is 41.0. The lowest BCUT2D eigenvalue weighted by atomic mass is 9.80. The Morgan fingerprint density at radius 2 is 1.26 bits per heavy atom. The van der Waals surface area contributed by atoms with E-state index in [2.05, 4.69) is 41.7 Å². The summed E-state index contributed by atoms with van der Waals surface area (Å²) in [5.41, 5.74) is 2.74. The molecule has 0 aliphatic carbocycles. The Morgan fingerprint density at radius 3 is 1.74 bits per heavy atom. The van der Waals surface area contributed by atoms with E-state index >= 15 is 0 Å². The molecule has 1 aliphatic heterocycles. The highest BCUT2D eigenvalue weighted by molar-refractivity contribution is 5.67. The van der Waals surface area contributed by atoms with Crippen LogP contribution < -0.4 is 5.32 Å². The quantitative estimate of drug-likeness (QED) is 0.190. The average molecular weight is 580 g/mol. The van der Waals surface area contributed by atoms with Gasteiger partial charge >= 0.3 is 6.09 Å². The minimum Gasteiger partial charge on any atom is -0.444 e. The average Bonchev–Trinajstić information content (AvgIpc) is 3.42. The highest BCUT2D eigenvalue weighted by Gasteiger charge is 2.41. The Bertz CT molecular complexity index is 1310. The predicted octanol–water partition coefficient (Wildman–Crippen LogP) is 7.26. The van der Waals surface area contributed by atoms with E-state index in [1.807, 2.05) is 106 Å². The van der Waals surface area contributed by atoms with Gasteiger partial charge in [-0.15, -0.1) is 0 Å². The normalized spacial score (nSPS) is 18.7. The highest BCUT2D eigenvalue weighted by Crippen LogP contribution is 2.41. The molecule has 1 heterocycles. The van der Waals surface area contributed by atoms with E-state index < -0.39 is 17.3 Å². The monoisotopic (exact) mass is 579 g/mol. The van der Waals surface area contributed by atoms with Crippen LogP contribution in [0.1, 0.15) is 49.4 Å². The molecule has 1 aliphatic rings. The SMILES string of the molecule is CC(C)(C)OC(=O)NC[C@H]1O[C@@H](COC(c2ccccc2)(c2ccccc2)c2ccccc2)C[C@@H]1OCc1ccccc1. The van der Waals surface area contributed by atoms with Crippen LogP contribution in [0.25, 0.3) is 0 Å². The first kappa shape index (κ1) is 30.5. The molecule has 1 amide bonds. The molecule has 0 radical (unpaired) electrons. The van der Waals surface area contributed by atoms with E-state index in [9.17, 15) is 4.79 Å². The van der Waals surface area contributed by atoms with Gasteiger partial charge in [-0.2, -0.15) is 0 Å². The molecule has 0 saturated carbocycles. The number of hydrogen-bond donors (Lipinski definition) is 1. The number of amides is 1. The molecule has 43 heavy (non-hydrogen) atoms. The van der Waals surface area contributed by atoms with Crippen molar-refractivity contribution < 1.29 is 23.7 Å². The summed E-state index contributed by atoms with van der Waals surface area (Å²) in [4.78, 5) is 12.5. The van der Waals surface area contributed by atoms with E-state index in [4.69, 9.17) is 18.9 Å². The summed E-state index contributed by atoms with van der Waals surface area (Å²) in [6.45, 7) is 6.58. The summed E-state index contributed by atoms with van der Waals surface area (Å²) in [6.07, 6.45) is -0.689. The molecule has 0 aromatic heterocycles. The van der Waals surface area contributed by atoms with Crippen LogP contribution in [0.5, 0.6) is 0 Å². The molecule has 3 atom stereocenters. The number of carbonyl (C=O) groups is 1. The second-order valence-electron chi connectivity index (χ2n) is 11.8. The van der Waals surface area contributed by atoms with Gasteiger partial charge in [-0.1, -0.05) is 121 Å². The van der Waals surface area contributed by atoms with Crippen LogP contribution >= 0.6 is 0 Å². The molecule has 4 aromatic carbocycles. The van der Waals surface area contributed by atoms with Gasteiger partial charge in [0, 0.05) is 13.0 Å². The third-order valence-corrected chi connectivity index (χ3v) is 7.46. The smallest absolute Gasteiger partial charge is 0.407 e. The molecule has 224 valence electrons. The molecule has 4 aromatic rings. The van der Waals surface area contributed by atoms with Crippen LogP contribution in [0.4, 0.5) is 4.79 Å². The fraction of sp³-hybridized carbons (Fsp3) is 0.324. The first-order chi connectivity index (χ1) is 20.8. The summed E-state index contributed by atoms with van der Waals surface area (Å²) in [5, 5.41) is 2.87. The summed E-state index contributed by atoms with van der Waals surface area (Å²) in [5.74, 6) is 0. The van der Waals surface area contributed by atoms with E-state index in [-0.39, 0.29) is 24.9 Å². The Hall–Kier alpha value is -3.97. The molecule has 0 spiro atoms. The number of hydrogen-bond acceptors (Lipinski definition) is 5. The maximum atomic E-state index is 12.5. The number of nitrogens with one attached hydrogen (secondary N) is 1. The van der Waals surface area contributed by atoms with E-state index in [0.29, 0.717) is 19.6 Å². The van der Waals surface area contributed by atoms with Crippen LogP contribution in [0.2, 0.25) is 0 Å². The number of alkyl carbamates (subject to hydrolysis) is 1. The molecule has 0 unspecified atom stereocenters. The van der Waals surface area contributed by atoms with Gasteiger partial charge in [0.1, 0.15) is 17.3 Å². The van der Waals surface area contributed by atoms with Crippen molar-refractivity contribution in [3.63, 3.8) is 0 Å². The zero-order chi connectivity index (χ0) is 30.1. The van der Waals surface area contributed by atoms with Crippen LogP contribution in [0.15, 0.2) is 121 Å². The summed E-state index contributed by atoms with van der Waals surface area (Å²) in [7, 11) is 0. The summed E-state index contributed by atoms with van der Waals surface area (Å²) < 4.78 is 25.4. The number of rotatable bonds is 11. The molecule has 6 heteroatoms. The van der Waals surface area contributed by atoms with Crippen molar-refractivity contribution in [2.45, 2.75) is 63.3 Å². The lowest BCUT2D eigenvalue weighted by Gasteiger charge is -2.36. The number of benzene rings is 4. The van der Waals surface area contributed by atoms with Gasteiger partial charge in [0.15, 0.2) is 0 Å². The third kappa shape index (κ3) is 7.90. The van der Waals surface area contributed by atoms with Crippen molar-refractivity contribution in [2.24, 2.45) is 0 Å². The van der Waals surface area contributed by atoms with Crippen LogP contribution in [-0.2, 0) is 31.2 Å². The van der Waals surface area contributed by atoms with Crippen molar-refractivity contribution in [2.75, 3.05) is 13.2 Å². The number of ether oxygens (including phenoxy) is 4. The fourth-order valence-electron chi connectivity index (χ4n) is 5.53. The molecule has 6 nitrogen and oxygen atoms in total. The highest BCUT2D eigenvalue weighted by atomic mass is 16.6. The lowest BCUT2D eigenvalue weighted by Crippen LogP contribution is -2.40. The molecule has 1 N–H and O–H groups in total. The molecular weight excluding hydrogens is 538 g/mol. The van der Waals surface area contributed by atoms with E-state index in [1.54, 1.807) is 0 Å². The summed E-state index contributed by atoms with van der Waals surface area (Å²) >= 11 is 0. The van der Waals surface area contributed by atoms with E-state index in [0.717, 1.165) is 22.3 Å². The van der Waals surface area contributed by atoms with Crippen LogP contribution in [0, 0.1) is 0 Å². The van der Waals surface area contributed by atoms with Gasteiger partial charge < -0.3 is 24.3 Å². The maximum absolute atomic E-state index is 12.5. The van der Waals surface area contributed by atoms with Gasteiger partial charge in [-0.25, -0.2) is 4.79 Å². The van der Waals surface area contributed by atoms with Gasteiger partial charge in [0.05, 0.1) is 25.4 Å². The Balaban J connectivity index is 1.38. The Labute approximate surface area is 255 Å². The van der Waals surface area contributed by atoms with Crippen LogP contribution in [0.3, 0.4) is 0 Å². The zero-order valence-electron chi connectivity index (χ0n) is 25.1. The molecule has 1 fully saturated rings. The van der Waals surface area contributed by atoms with Crippen molar-refractivity contribution in [3.05, 3.63) is 144 Å². The van der Waals surface area contributed by atoms with Crippen LogP contribution in [-0.4, -0.2) is 43.2 Å². The Kier molecular flexibility index (Phi) is 9.93. The van der Waals surface area contributed by atoms with Gasteiger partial charge in [-0.3, -0.25) is 0 Å². The van der Waals surface area contributed by atoms with Crippen molar-refractivity contribution >= 4 is 6.09 Å². The second kappa shape index (κ2) is 14.0. The lowest BCUT2D eigenvalue weighted by molar-refractivity contribution is -0.0703. The minimum atomic E-state index is -0.847. The first-order valence-corrected chi connectivity index (χ1v) is 14.9. The van der Waals surface area contributed by atoms with Gasteiger partial charge in [0.2, 0.25) is 0 Å². The first-order valence-electron chi connectivity index (χ1n) is 14.9. The number of carbonyl (C=O) groups excluding carboxylic acids is 1. The molecule has 5 rings (SSSR count). The fourth-order valence-corrected chi connectivity index (χ4v) is 5.53. The van der Waals surface area contributed by atoms with E-state index in [1.165, 1.54) is 0 Å². The standard InChI is InChI=1S/C37H41NO5/c1-36(2,3)43-35(39)38-25-34-33(40-26-28-16-8-4-9-17-28)24-32(42-34)27-41-37(29-18-10-5-11-19-29,30-20-12-6-13-21-30)31-22-14-7-15-23-31/h4-23,32-34H,24-27H2,1-3H3,(H,38,39)/t32-,33+,34-/m1/s1. The third-order valence-electron chi connectivity index (χ3n) is 7.46. The topological polar surface area (TPSA) is 66.0 Å². The largest absolute Gasteiger partial charge is 0.444 e. The predicted molar refractivity (Wildman–Crippen MR) is 168 cm³/mol. The zero-order valence-corrected chi connectivity index (χ0v) is 25.1. The molecular formula is C37H41NO5. The minimum absolute atomic E-state index is 0.233. The Morgan fingerprint density at radius 1 is 0.767 bits per heavy atom. The second-order valence-corrected chi connectivity index (χ2v) is 11.8.